The van der Waals surface area contributed by atoms with Gasteiger partial charge in [0.1, 0.15) is 21.9 Å². The number of nitrogens with one attached hydrogen (secondary N) is 1. The van der Waals surface area contributed by atoms with Crippen LogP contribution in [0.1, 0.15) is 26.5 Å². The van der Waals surface area contributed by atoms with Gasteiger partial charge in [-0.25, -0.2) is 9.78 Å². The number of ether oxygens (including phenoxy) is 1. The smallest absolute Gasteiger partial charge is 0.342 e. The Kier molecular flexibility index (Phi) is 5.22. The number of benzene rings is 2. The highest BCUT2D eigenvalue weighted by molar-refractivity contribution is 7.21. The number of hydrogen-bond acceptors (Lipinski definition) is 8. The molecule has 4 aromatic rings. The minimum atomic E-state index is -0.750. The zero-order valence-electron chi connectivity index (χ0n) is 16.4. The molecule has 0 saturated heterocycles. The van der Waals surface area contributed by atoms with Crippen molar-refractivity contribution >= 4 is 45.0 Å². The van der Waals surface area contributed by atoms with Crippen LogP contribution in [-0.2, 0) is 4.74 Å². The fraction of sp³-hybridized carbons (Fsp3) is 0.0952. The van der Waals surface area contributed by atoms with E-state index in [4.69, 9.17) is 9.15 Å². The first-order valence-electron chi connectivity index (χ1n) is 9.03. The molecule has 0 unspecified atom stereocenters. The van der Waals surface area contributed by atoms with E-state index in [0.717, 1.165) is 4.70 Å². The van der Waals surface area contributed by atoms with Gasteiger partial charge in [0.2, 0.25) is 5.88 Å². The van der Waals surface area contributed by atoms with E-state index in [1.165, 1.54) is 42.7 Å². The van der Waals surface area contributed by atoms with Crippen LogP contribution in [0, 0.1) is 17.0 Å². The van der Waals surface area contributed by atoms with Crippen molar-refractivity contribution in [1.82, 2.24) is 4.98 Å². The van der Waals surface area contributed by atoms with Crippen LogP contribution in [0.2, 0.25) is 0 Å². The molecule has 0 aliphatic rings. The maximum Gasteiger partial charge on any atom is 0.342 e. The molecule has 10 heteroatoms. The normalized spacial score (nSPS) is 10.8. The van der Waals surface area contributed by atoms with Crippen molar-refractivity contribution < 1.29 is 23.7 Å². The third-order valence-electron chi connectivity index (χ3n) is 4.55. The first-order chi connectivity index (χ1) is 14.9. The number of hydrogen-bond donors (Lipinski definition) is 1. The third-order valence-corrected chi connectivity index (χ3v) is 5.61. The van der Waals surface area contributed by atoms with E-state index in [-0.39, 0.29) is 34.0 Å². The molecule has 31 heavy (non-hydrogen) atoms. The molecule has 1 amide bonds. The Bertz CT molecular complexity index is 1310. The second-order valence-electron chi connectivity index (χ2n) is 6.44. The summed E-state index contributed by atoms with van der Waals surface area (Å²) in [4.78, 5) is 40.5. The molecule has 0 saturated carbocycles. The summed E-state index contributed by atoms with van der Waals surface area (Å²) >= 11 is 1.31. The second kappa shape index (κ2) is 8.00. The number of nitro benzene ring substituents is 1. The van der Waals surface area contributed by atoms with Gasteiger partial charge in [-0.15, -0.1) is 11.3 Å². The maximum absolute atomic E-state index is 12.8. The number of aryl methyl sites for hydroxylation is 1. The average molecular weight is 437 g/mol. The van der Waals surface area contributed by atoms with E-state index in [1.807, 2.05) is 24.3 Å². The fourth-order valence-corrected chi connectivity index (χ4v) is 4.17. The maximum atomic E-state index is 12.8. The molecule has 156 valence electrons. The average Bonchev–Trinajstić information content (AvgIpc) is 3.33. The van der Waals surface area contributed by atoms with Crippen LogP contribution in [0.25, 0.3) is 20.8 Å². The van der Waals surface area contributed by atoms with Crippen molar-refractivity contribution in [3.8, 4) is 10.6 Å². The number of thiazole rings is 1. The Morgan fingerprint density at radius 1 is 1.16 bits per heavy atom. The van der Waals surface area contributed by atoms with Gasteiger partial charge in [-0.05, 0) is 25.1 Å². The number of aromatic nitrogens is 1. The van der Waals surface area contributed by atoms with E-state index in [9.17, 15) is 19.7 Å². The van der Waals surface area contributed by atoms with Gasteiger partial charge in [-0.1, -0.05) is 24.3 Å². The van der Waals surface area contributed by atoms with Crippen molar-refractivity contribution in [3.63, 3.8) is 0 Å². The van der Waals surface area contributed by atoms with Gasteiger partial charge in [-0.2, -0.15) is 0 Å². The summed E-state index contributed by atoms with van der Waals surface area (Å²) in [7, 11) is 1.24. The molecule has 9 nitrogen and oxygen atoms in total. The van der Waals surface area contributed by atoms with Gasteiger partial charge < -0.3 is 9.15 Å². The molecule has 0 bridgehead atoms. The fourth-order valence-electron chi connectivity index (χ4n) is 3.16. The van der Waals surface area contributed by atoms with Gasteiger partial charge in [0.15, 0.2) is 0 Å². The third kappa shape index (κ3) is 3.64. The van der Waals surface area contributed by atoms with Crippen LogP contribution >= 0.6 is 11.3 Å². The highest BCUT2D eigenvalue weighted by Gasteiger charge is 2.30. The molecule has 4 rings (SSSR count). The van der Waals surface area contributed by atoms with Crippen molar-refractivity contribution in [2.24, 2.45) is 0 Å². The van der Waals surface area contributed by atoms with Gasteiger partial charge in [-0.3, -0.25) is 20.2 Å². The highest BCUT2D eigenvalue weighted by atomic mass is 32.1. The lowest BCUT2D eigenvalue weighted by Gasteiger charge is -2.05. The minimum absolute atomic E-state index is 0.0416. The Balaban J connectivity index is 1.84. The Morgan fingerprint density at radius 2 is 1.87 bits per heavy atom. The molecule has 1 N–H and O–H groups in total. The number of nitro groups is 1. The van der Waals surface area contributed by atoms with Gasteiger partial charge >= 0.3 is 5.97 Å². The van der Waals surface area contributed by atoms with Gasteiger partial charge in [0, 0.05) is 6.07 Å². The second-order valence-corrected chi connectivity index (χ2v) is 7.47. The monoisotopic (exact) mass is 437 g/mol. The van der Waals surface area contributed by atoms with Crippen molar-refractivity contribution in [3.05, 3.63) is 75.5 Å². The lowest BCUT2D eigenvalue weighted by atomic mass is 10.1. The van der Waals surface area contributed by atoms with Crippen molar-refractivity contribution in [1.29, 1.82) is 0 Å². The molecule has 0 atom stereocenters. The minimum Gasteiger partial charge on any atom is -0.465 e. The number of carbonyl (C=O) groups is 2. The number of para-hydroxylation sites is 2. The SMILES string of the molecule is COC(=O)c1c(C)oc(NC(=O)c2ccccc2[N+](=O)[O-])c1-c1nc2ccccc2s1. The van der Waals surface area contributed by atoms with Crippen LogP contribution in [0.3, 0.4) is 0 Å². The molecule has 0 radical (unpaired) electrons. The summed E-state index contributed by atoms with van der Waals surface area (Å²) in [6.45, 7) is 1.56. The quantitative estimate of drug-likeness (QED) is 0.270. The highest BCUT2D eigenvalue weighted by Crippen LogP contribution is 2.41. The van der Waals surface area contributed by atoms with E-state index in [1.54, 1.807) is 6.92 Å². The standard InChI is InChI=1S/C21H15N3O6S/c1-11-16(21(26)29-2)17(20-22-13-8-4-6-10-15(13)31-20)19(30-11)23-18(25)12-7-3-5-9-14(12)24(27)28/h3-10H,1-2H3,(H,23,25). The Hall–Kier alpha value is -4.05. The molecular weight excluding hydrogens is 422 g/mol. The van der Waals surface area contributed by atoms with Gasteiger partial charge in [0.25, 0.3) is 11.6 Å². The number of esters is 1. The van der Waals surface area contributed by atoms with E-state index < -0.39 is 16.8 Å². The number of rotatable bonds is 5. The zero-order chi connectivity index (χ0) is 22.1. The summed E-state index contributed by atoms with van der Waals surface area (Å²) < 4.78 is 11.4. The topological polar surface area (TPSA) is 125 Å². The van der Waals surface area contributed by atoms with E-state index in [2.05, 4.69) is 10.3 Å². The number of amides is 1. The first-order valence-corrected chi connectivity index (χ1v) is 9.84. The first kappa shape index (κ1) is 20.2. The number of fused-ring (bicyclic) bond motifs is 1. The largest absolute Gasteiger partial charge is 0.465 e. The van der Waals surface area contributed by atoms with Crippen LogP contribution in [0.5, 0.6) is 0 Å². The van der Waals surface area contributed by atoms with E-state index in [0.29, 0.717) is 10.5 Å². The summed E-state index contributed by atoms with van der Waals surface area (Å²) in [5, 5.41) is 14.3. The molecule has 0 aliphatic heterocycles. The van der Waals surface area contributed by atoms with Crippen LogP contribution in [0.15, 0.2) is 52.9 Å². The van der Waals surface area contributed by atoms with Crippen molar-refractivity contribution in [2.75, 3.05) is 12.4 Å². The Morgan fingerprint density at radius 3 is 2.58 bits per heavy atom. The van der Waals surface area contributed by atoms with Crippen LogP contribution < -0.4 is 5.32 Å². The molecule has 0 fully saturated rings. The van der Waals surface area contributed by atoms with Gasteiger partial charge in [0.05, 0.1) is 27.8 Å². The lowest BCUT2D eigenvalue weighted by Crippen LogP contribution is -2.14. The molecular formula is C21H15N3O6S. The number of carbonyl (C=O) groups excluding carboxylic acids is 2. The zero-order valence-corrected chi connectivity index (χ0v) is 17.2. The number of furan rings is 1. The predicted molar refractivity (Wildman–Crippen MR) is 114 cm³/mol. The number of anilines is 1. The molecule has 2 aromatic carbocycles. The van der Waals surface area contributed by atoms with E-state index >= 15 is 0 Å². The summed E-state index contributed by atoms with van der Waals surface area (Å²) in [6, 6.07) is 13.0. The predicted octanol–water partition coefficient (Wildman–Crippen LogP) is 4.81. The molecule has 2 aromatic heterocycles. The van der Waals surface area contributed by atoms with Crippen LogP contribution in [-0.4, -0.2) is 28.9 Å². The Labute approximate surface area is 179 Å². The molecule has 2 heterocycles. The summed E-state index contributed by atoms with van der Waals surface area (Å²) in [5.74, 6) is -1.22. The lowest BCUT2D eigenvalue weighted by molar-refractivity contribution is -0.385. The number of nitrogens with zero attached hydrogens (tertiary/aromatic N) is 2. The van der Waals surface area contributed by atoms with Crippen molar-refractivity contribution in [2.45, 2.75) is 6.92 Å². The molecule has 0 aliphatic carbocycles. The summed E-state index contributed by atoms with van der Waals surface area (Å²) in [5.41, 5.74) is 0.611. The summed E-state index contributed by atoms with van der Waals surface area (Å²) in [6.07, 6.45) is 0. The molecule has 0 spiro atoms. The van der Waals surface area contributed by atoms with Crippen LogP contribution in [0.4, 0.5) is 11.6 Å². The number of methoxy groups -OCH3 is 1.